The fraction of sp³-hybridized carbons (Fsp3) is 0.533. The molecule has 0 amide bonds. The van der Waals surface area contributed by atoms with Gasteiger partial charge in [0.05, 0.1) is 0 Å². The Morgan fingerprint density at radius 3 is 2.50 bits per heavy atom. The summed E-state index contributed by atoms with van der Waals surface area (Å²) in [4.78, 5) is 12.1. The summed E-state index contributed by atoms with van der Waals surface area (Å²) in [5.74, 6) is -2.62. The van der Waals surface area contributed by atoms with E-state index >= 15 is 0 Å². The lowest BCUT2D eigenvalue weighted by atomic mass is 9.82. The first-order valence-corrected chi connectivity index (χ1v) is 6.43. The number of benzene rings is 1. The van der Waals surface area contributed by atoms with Crippen molar-refractivity contribution < 1.29 is 13.6 Å². The van der Waals surface area contributed by atoms with E-state index in [1.165, 1.54) is 0 Å². The van der Waals surface area contributed by atoms with Crippen LogP contribution in [-0.4, -0.2) is 11.7 Å². The Kier molecular flexibility index (Phi) is 3.79. The van der Waals surface area contributed by atoms with Gasteiger partial charge in [0, 0.05) is 25.2 Å². The van der Waals surface area contributed by atoms with Crippen molar-refractivity contribution in [1.82, 2.24) is 0 Å². The van der Waals surface area contributed by atoms with Gasteiger partial charge in [0.2, 0.25) is 5.92 Å². The van der Waals surface area contributed by atoms with Crippen molar-refractivity contribution in [2.24, 2.45) is 5.92 Å². The molecule has 0 atom stereocenters. The van der Waals surface area contributed by atoms with Crippen LogP contribution < -0.4 is 0 Å². The number of carbonyl (C=O) groups is 1. The number of hydrogen-bond acceptors (Lipinski definition) is 1. The Morgan fingerprint density at radius 1 is 1.28 bits per heavy atom. The van der Waals surface area contributed by atoms with Gasteiger partial charge in [-0.15, -0.1) is 0 Å². The topological polar surface area (TPSA) is 17.1 Å². The number of halogens is 2. The summed E-state index contributed by atoms with van der Waals surface area (Å²) >= 11 is 0. The number of alkyl halides is 2. The van der Waals surface area contributed by atoms with E-state index in [0.29, 0.717) is 19.3 Å². The van der Waals surface area contributed by atoms with Crippen LogP contribution in [0.15, 0.2) is 24.3 Å². The maximum Gasteiger partial charge on any atom is 0.248 e. The van der Waals surface area contributed by atoms with Crippen LogP contribution in [0.3, 0.4) is 0 Å². The highest BCUT2D eigenvalue weighted by atomic mass is 19.3. The van der Waals surface area contributed by atoms with Crippen LogP contribution in [0, 0.1) is 12.8 Å². The van der Waals surface area contributed by atoms with Crippen molar-refractivity contribution in [2.75, 3.05) is 0 Å². The van der Waals surface area contributed by atoms with Gasteiger partial charge in [0.15, 0.2) is 0 Å². The molecule has 2 rings (SSSR count). The first kappa shape index (κ1) is 13.2. The number of ketones is 1. The number of aryl methyl sites for hydroxylation is 1. The molecule has 0 saturated heterocycles. The van der Waals surface area contributed by atoms with Gasteiger partial charge in [-0.25, -0.2) is 8.78 Å². The molecule has 1 aliphatic carbocycles. The molecule has 0 spiro atoms. The summed E-state index contributed by atoms with van der Waals surface area (Å²) in [6, 6.07) is 7.75. The van der Waals surface area contributed by atoms with Gasteiger partial charge in [-0.1, -0.05) is 24.3 Å². The van der Waals surface area contributed by atoms with Gasteiger partial charge in [0.25, 0.3) is 0 Å². The molecule has 0 unspecified atom stereocenters. The zero-order valence-electron chi connectivity index (χ0n) is 10.6. The molecule has 1 aromatic rings. The Labute approximate surface area is 106 Å². The SMILES string of the molecule is Cc1ccccc1CC(=O)C1CCC(F)(F)CC1. The lowest BCUT2D eigenvalue weighted by Crippen LogP contribution is -2.29. The van der Waals surface area contributed by atoms with E-state index in [9.17, 15) is 13.6 Å². The largest absolute Gasteiger partial charge is 0.299 e. The molecule has 1 nitrogen and oxygen atoms in total. The van der Waals surface area contributed by atoms with Crippen LogP contribution >= 0.6 is 0 Å². The third kappa shape index (κ3) is 3.15. The van der Waals surface area contributed by atoms with Crippen molar-refractivity contribution >= 4 is 5.78 Å². The normalized spacial score (nSPS) is 19.7. The van der Waals surface area contributed by atoms with Gasteiger partial charge in [-0.2, -0.15) is 0 Å². The molecule has 98 valence electrons. The van der Waals surface area contributed by atoms with Crippen molar-refractivity contribution in [3.8, 4) is 0 Å². The second-order valence-electron chi connectivity index (χ2n) is 5.20. The monoisotopic (exact) mass is 252 g/mol. The quantitative estimate of drug-likeness (QED) is 0.796. The third-order valence-electron chi connectivity index (χ3n) is 3.80. The van der Waals surface area contributed by atoms with Crippen LogP contribution in [0.5, 0.6) is 0 Å². The van der Waals surface area contributed by atoms with Gasteiger partial charge in [-0.3, -0.25) is 4.79 Å². The summed E-state index contributed by atoms with van der Waals surface area (Å²) in [5, 5.41) is 0. The Bertz CT molecular complexity index is 430. The first-order chi connectivity index (χ1) is 8.48. The maximum absolute atomic E-state index is 13.0. The molecule has 1 saturated carbocycles. The van der Waals surface area contributed by atoms with Crippen molar-refractivity contribution in [1.29, 1.82) is 0 Å². The van der Waals surface area contributed by atoms with E-state index in [4.69, 9.17) is 0 Å². The number of carbonyl (C=O) groups excluding carboxylic acids is 1. The predicted octanol–water partition coefficient (Wildman–Crippen LogP) is 3.93. The van der Waals surface area contributed by atoms with Crippen LogP contribution in [0.1, 0.15) is 36.8 Å². The molecule has 1 aromatic carbocycles. The maximum atomic E-state index is 13.0. The average molecular weight is 252 g/mol. The standard InChI is InChI=1S/C15H18F2O/c1-11-4-2-3-5-13(11)10-14(18)12-6-8-15(16,17)9-7-12/h2-5,12H,6-10H2,1H3. The molecule has 0 aromatic heterocycles. The summed E-state index contributed by atoms with van der Waals surface area (Å²) < 4.78 is 26.0. The fourth-order valence-electron chi connectivity index (χ4n) is 2.50. The van der Waals surface area contributed by atoms with E-state index in [1.54, 1.807) is 0 Å². The number of hydrogen-bond donors (Lipinski definition) is 0. The third-order valence-corrected chi connectivity index (χ3v) is 3.80. The van der Waals surface area contributed by atoms with Crippen LogP contribution in [0.25, 0.3) is 0 Å². The summed E-state index contributed by atoms with van der Waals surface area (Å²) in [6.45, 7) is 1.97. The highest BCUT2D eigenvalue weighted by Crippen LogP contribution is 2.36. The van der Waals surface area contributed by atoms with Gasteiger partial charge in [0.1, 0.15) is 5.78 Å². The minimum absolute atomic E-state index is 0.111. The van der Waals surface area contributed by atoms with Gasteiger partial charge < -0.3 is 0 Å². The molecule has 0 heterocycles. The zero-order valence-corrected chi connectivity index (χ0v) is 10.6. The summed E-state index contributed by atoms with van der Waals surface area (Å²) in [5.41, 5.74) is 2.10. The molecular weight excluding hydrogens is 234 g/mol. The molecule has 0 aliphatic heterocycles. The summed E-state index contributed by atoms with van der Waals surface area (Å²) in [7, 11) is 0. The first-order valence-electron chi connectivity index (χ1n) is 6.43. The fourth-order valence-corrected chi connectivity index (χ4v) is 2.50. The second-order valence-corrected chi connectivity index (χ2v) is 5.20. The number of rotatable bonds is 3. The molecule has 18 heavy (non-hydrogen) atoms. The lowest BCUT2D eigenvalue weighted by Gasteiger charge is -2.27. The zero-order chi connectivity index (χ0) is 13.2. The van der Waals surface area contributed by atoms with Crippen molar-refractivity contribution in [2.45, 2.75) is 45.0 Å². The van der Waals surface area contributed by atoms with E-state index in [0.717, 1.165) is 11.1 Å². The Hall–Kier alpha value is -1.25. The molecule has 1 aliphatic rings. The van der Waals surface area contributed by atoms with E-state index in [-0.39, 0.29) is 24.5 Å². The predicted molar refractivity (Wildman–Crippen MR) is 66.8 cm³/mol. The van der Waals surface area contributed by atoms with Crippen LogP contribution in [-0.2, 0) is 11.2 Å². The lowest BCUT2D eigenvalue weighted by molar-refractivity contribution is -0.126. The van der Waals surface area contributed by atoms with E-state index in [2.05, 4.69) is 0 Å². The van der Waals surface area contributed by atoms with Gasteiger partial charge in [-0.05, 0) is 30.9 Å². The van der Waals surface area contributed by atoms with Crippen LogP contribution in [0.2, 0.25) is 0 Å². The second kappa shape index (κ2) is 5.17. The molecule has 0 N–H and O–H groups in total. The minimum atomic E-state index is -2.56. The van der Waals surface area contributed by atoms with Crippen molar-refractivity contribution in [3.05, 3.63) is 35.4 Å². The summed E-state index contributed by atoms with van der Waals surface area (Å²) in [6.07, 6.45) is 0.757. The van der Waals surface area contributed by atoms with Crippen LogP contribution in [0.4, 0.5) is 8.78 Å². The Morgan fingerprint density at radius 2 is 1.89 bits per heavy atom. The molecule has 1 fully saturated rings. The highest BCUT2D eigenvalue weighted by molar-refractivity contribution is 5.83. The number of Topliss-reactive ketones (excluding diaryl/α,β-unsaturated/α-hetero) is 1. The highest BCUT2D eigenvalue weighted by Gasteiger charge is 2.37. The Balaban J connectivity index is 1.95. The average Bonchev–Trinajstić information content (AvgIpc) is 2.32. The molecule has 3 heteroatoms. The minimum Gasteiger partial charge on any atom is -0.299 e. The van der Waals surface area contributed by atoms with E-state index < -0.39 is 5.92 Å². The van der Waals surface area contributed by atoms with Crippen molar-refractivity contribution in [3.63, 3.8) is 0 Å². The molecular formula is C15H18F2O. The molecule has 0 radical (unpaired) electrons. The van der Waals surface area contributed by atoms with E-state index in [1.807, 2.05) is 31.2 Å². The molecule has 0 bridgehead atoms. The smallest absolute Gasteiger partial charge is 0.248 e. The van der Waals surface area contributed by atoms with Gasteiger partial charge >= 0.3 is 0 Å².